The van der Waals surface area contributed by atoms with Crippen LogP contribution in [0.1, 0.15) is 29.9 Å². The third-order valence-electron chi connectivity index (χ3n) is 3.52. The second-order valence-corrected chi connectivity index (χ2v) is 5.04. The molecule has 23 heavy (non-hydrogen) atoms. The molecule has 0 spiro atoms. The van der Waals surface area contributed by atoms with Crippen molar-refractivity contribution in [2.45, 2.75) is 26.8 Å². The Morgan fingerprint density at radius 2 is 2.09 bits per heavy atom. The first kappa shape index (κ1) is 16.2. The van der Waals surface area contributed by atoms with Gasteiger partial charge in [0.1, 0.15) is 23.5 Å². The molecule has 118 valence electrons. The summed E-state index contributed by atoms with van der Waals surface area (Å²) in [6, 6.07) is 7.85. The van der Waals surface area contributed by atoms with Crippen molar-refractivity contribution in [3.05, 3.63) is 51.3 Å². The van der Waals surface area contributed by atoms with Crippen molar-refractivity contribution in [3.8, 4) is 6.07 Å². The van der Waals surface area contributed by atoms with Crippen LogP contribution in [0.25, 0.3) is 0 Å². The van der Waals surface area contributed by atoms with Crippen molar-refractivity contribution in [2.75, 3.05) is 5.32 Å². The maximum atomic E-state index is 12.4. The van der Waals surface area contributed by atoms with Gasteiger partial charge in [-0.3, -0.25) is 19.6 Å². The molecule has 1 atom stereocenters. The zero-order chi connectivity index (χ0) is 17.1. The molecule has 1 aromatic heterocycles. The Kier molecular flexibility index (Phi) is 4.41. The van der Waals surface area contributed by atoms with Crippen LogP contribution in [0.3, 0.4) is 0 Å². The number of nitrogens with one attached hydrogen (secondary N) is 1. The lowest BCUT2D eigenvalue weighted by atomic mass is 10.2. The number of anilines is 1. The van der Waals surface area contributed by atoms with E-state index in [1.807, 2.05) is 6.07 Å². The molecule has 0 aliphatic rings. The fraction of sp³-hybridized carbons (Fsp3) is 0.267. The van der Waals surface area contributed by atoms with Gasteiger partial charge in [0.05, 0.1) is 16.2 Å². The van der Waals surface area contributed by atoms with Crippen LogP contribution in [0.4, 0.5) is 11.4 Å². The minimum absolute atomic E-state index is 0.0953. The molecule has 8 nitrogen and oxygen atoms in total. The second-order valence-electron chi connectivity index (χ2n) is 5.04. The van der Waals surface area contributed by atoms with Crippen molar-refractivity contribution in [1.29, 1.82) is 5.26 Å². The topological polar surface area (TPSA) is 114 Å². The average Bonchev–Trinajstić information content (AvgIpc) is 2.81. The van der Waals surface area contributed by atoms with Gasteiger partial charge in [0.2, 0.25) is 5.91 Å². The van der Waals surface area contributed by atoms with E-state index in [4.69, 9.17) is 5.26 Å². The Bertz CT molecular complexity index is 819. The van der Waals surface area contributed by atoms with Crippen LogP contribution in [0.2, 0.25) is 0 Å². The number of hydrogen-bond acceptors (Lipinski definition) is 5. The zero-order valence-corrected chi connectivity index (χ0v) is 12.9. The highest BCUT2D eigenvalue weighted by Gasteiger charge is 2.27. The quantitative estimate of drug-likeness (QED) is 0.688. The van der Waals surface area contributed by atoms with Gasteiger partial charge in [-0.15, -0.1) is 0 Å². The lowest BCUT2D eigenvalue weighted by Gasteiger charge is -2.14. The van der Waals surface area contributed by atoms with Crippen molar-refractivity contribution < 1.29 is 9.72 Å². The monoisotopic (exact) mass is 313 g/mol. The Labute approximate surface area is 132 Å². The summed E-state index contributed by atoms with van der Waals surface area (Å²) in [4.78, 5) is 22.9. The minimum Gasteiger partial charge on any atom is -0.323 e. The molecule has 0 saturated heterocycles. The molecule has 0 saturated carbocycles. The summed E-state index contributed by atoms with van der Waals surface area (Å²) in [7, 11) is 0. The molecule has 0 aliphatic carbocycles. The van der Waals surface area contributed by atoms with E-state index in [1.165, 1.54) is 11.6 Å². The Balaban J connectivity index is 2.29. The molecule has 0 unspecified atom stereocenters. The van der Waals surface area contributed by atoms with Crippen molar-refractivity contribution >= 4 is 17.3 Å². The number of nitrogens with zero attached hydrogens (tertiary/aromatic N) is 4. The number of carbonyl (C=O) groups is 1. The molecular formula is C15H15N5O3. The summed E-state index contributed by atoms with van der Waals surface area (Å²) in [5.41, 5.74) is 1.20. The van der Waals surface area contributed by atoms with Crippen LogP contribution in [-0.2, 0) is 4.79 Å². The van der Waals surface area contributed by atoms with Crippen LogP contribution in [0.15, 0.2) is 24.3 Å². The number of aryl methyl sites for hydroxylation is 1. The van der Waals surface area contributed by atoms with Gasteiger partial charge in [-0.2, -0.15) is 10.4 Å². The van der Waals surface area contributed by atoms with Crippen LogP contribution < -0.4 is 5.32 Å². The molecule has 1 N–H and O–H groups in total. The maximum absolute atomic E-state index is 12.4. The van der Waals surface area contributed by atoms with Crippen LogP contribution in [-0.4, -0.2) is 20.6 Å². The molecule has 0 fully saturated rings. The van der Waals surface area contributed by atoms with E-state index in [-0.39, 0.29) is 11.4 Å². The lowest BCUT2D eigenvalue weighted by Crippen LogP contribution is -2.25. The Morgan fingerprint density at radius 3 is 2.65 bits per heavy atom. The Morgan fingerprint density at radius 1 is 1.43 bits per heavy atom. The van der Waals surface area contributed by atoms with E-state index in [9.17, 15) is 14.9 Å². The van der Waals surface area contributed by atoms with E-state index in [0.717, 1.165) is 0 Å². The number of nitriles is 1. The minimum atomic E-state index is -0.755. The van der Waals surface area contributed by atoms with Gasteiger partial charge in [0.25, 0.3) is 0 Å². The van der Waals surface area contributed by atoms with Gasteiger partial charge >= 0.3 is 5.69 Å². The maximum Gasteiger partial charge on any atom is 0.312 e. The molecular weight excluding hydrogens is 298 g/mol. The number of nitro groups is 1. The molecule has 8 heteroatoms. The van der Waals surface area contributed by atoms with Crippen LogP contribution in [0.5, 0.6) is 0 Å². The van der Waals surface area contributed by atoms with E-state index in [1.54, 1.807) is 38.1 Å². The molecule has 1 heterocycles. The Hall–Kier alpha value is -3.21. The number of amides is 1. The largest absolute Gasteiger partial charge is 0.323 e. The highest BCUT2D eigenvalue weighted by atomic mass is 16.6. The normalized spacial score (nSPS) is 11.6. The molecule has 2 aromatic rings. The summed E-state index contributed by atoms with van der Waals surface area (Å²) >= 11 is 0. The predicted octanol–water partition coefficient (Wildman–Crippen LogP) is 2.48. The highest BCUT2D eigenvalue weighted by molar-refractivity contribution is 5.94. The van der Waals surface area contributed by atoms with Gasteiger partial charge in [0.15, 0.2) is 0 Å². The number of benzene rings is 1. The molecule has 1 amide bonds. The van der Waals surface area contributed by atoms with Crippen LogP contribution >= 0.6 is 0 Å². The summed E-state index contributed by atoms with van der Waals surface area (Å²) < 4.78 is 1.32. The summed E-state index contributed by atoms with van der Waals surface area (Å²) in [6.45, 7) is 4.66. The third kappa shape index (κ3) is 3.03. The van der Waals surface area contributed by atoms with Gasteiger partial charge in [-0.05, 0) is 32.9 Å². The van der Waals surface area contributed by atoms with Crippen molar-refractivity contribution in [1.82, 2.24) is 9.78 Å². The van der Waals surface area contributed by atoms with Gasteiger partial charge in [-0.1, -0.05) is 12.1 Å². The summed E-state index contributed by atoms with van der Waals surface area (Å²) in [6.07, 6.45) is 0. The summed E-state index contributed by atoms with van der Waals surface area (Å²) in [5, 5.41) is 26.8. The van der Waals surface area contributed by atoms with E-state index < -0.39 is 16.9 Å². The number of para-hydroxylation sites is 1. The van der Waals surface area contributed by atoms with Gasteiger partial charge in [0, 0.05) is 0 Å². The lowest BCUT2D eigenvalue weighted by molar-refractivity contribution is -0.386. The van der Waals surface area contributed by atoms with Gasteiger partial charge < -0.3 is 5.32 Å². The third-order valence-corrected chi connectivity index (χ3v) is 3.52. The fourth-order valence-electron chi connectivity index (χ4n) is 2.33. The standard InChI is InChI=1S/C15H15N5O3/c1-9-14(20(22)23)10(2)19(18-9)11(3)15(21)17-13-7-5-4-6-12(13)8-16/h4-7,11H,1-3H3,(H,17,21)/t11-/m0/s1. The summed E-state index contributed by atoms with van der Waals surface area (Å²) in [5.74, 6) is -0.409. The van der Waals surface area contributed by atoms with Gasteiger partial charge in [-0.25, -0.2) is 0 Å². The van der Waals surface area contributed by atoms with Crippen molar-refractivity contribution in [3.63, 3.8) is 0 Å². The van der Waals surface area contributed by atoms with E-state index >= 15 is 0 Å². The first-order valence-corrected chi connectivity index (χ1v) is 6.87. The van der Waals surface area contributed by atoms with Crippen molar-refractivity contribution in [2.24, 2.45) is 0 Å². The average molecular weight is 313 g/mol. The zero-order valence-electron chi connectivity index (χ0n) is 12.9. The molecule has 0 aliphatic heterocycles. The second kappa shape index (κ2) is 6.27. The first-order valence-electron chi connectivity index (χ1n) is 6.87. The molecule has 0 bridgehead atoms. The SMILES string of the molecule is Cc1nn([C@@H](C)C(=O)Nc2ccccc2C#N)c(C)c1[N+](=O)[O-]. The number of carbonyl (C=O) groups excluding carboxylic acids is 1. The predicted molar refractivity (Wildman–Crippen MR) is 82.9 cm³/mol. The number of aromatic nitrogens is 2. The first-order chi connectivity index (χ1) is 10.9. The molecule has 2 rings (SSSR count). The number of rotatable bonds is 4. The smallest absolute Gasteiger partial charge is 0.312 e. The fourth-order valence-corrected chi connectivity index (χ4v) is 2.33. The highest BCUT2D eigenvalue weighted by Crippen LogP contribution is 2.25. The molecule has 0 radical (unpaired) electrons. The molecule has 1 aromatic carbocycles. The number of hydrogen-bond donors (Lipinski definition) is 1. The van der Waals surface area contributed by atoms with E-state index in [2.05, 4.69) is 10.4 Å². The van der Waals surface area contributed by atoms with E-state index in [0.29, 0.717) is 16.9 Å². The van der Waals surface area contributed by atoms with Crippen LogP contribution in [0, 0.1) is 35.3 Å².